The maximum absolute atomic E-state index is 9.98. The molecule has 1 N–H and O–H groups in total. The molecule has 0 bridgehead atoms. The van der Waals surface area contributed by atoms with Crippen molar-refractivity contribution in [2.75, 3.05) is 6.61 Å². The molecule has 0 aromatic heterocycles. The first-order valence-electron chi connectivity index (χ1n) is 9.69. The fourth-order valence-electron chi connectivity index (χ4n) is 2.64. The summed E-state index contributed by atoms with van der Waals surface area (Å²) in [5.41, 5.74) is 0. The first-order chi connectivity index (χ1) is 11.1. The van der Waals surface area contributed by atoms with Crippen LogP contribution in [0.15, 0.2) is 0 Å². The lowest BCUT2D eigenvalue weighted by Gasteiger charge is -2.43. The first kappa shape index (κ1) is 22.1. The molecule has 1 aliphatic heterocycles. The van der Waals surface area contributed by atoms with Crippen molar-refractivity contribution in [1.82, 2.24) is 0 Å². The van der Waals surface area contributed by atoms with E-state index < -0.39 is 8.32 Å². The summed E-state index contributed by atoms with van der Waals surface area (Å²) in [6.45, 7) is 16.1. The Morgan fingerprint density at radius 2 is 1.88 bits per heavy atom. The molecule has 0 unspecified atom stereocenters. The van der Waals surface area contributed by atoms with E-state index >= 15 is 0 Å². The van der Waals surface area contributed by atoms with E-state index in [0.717, 1.165) is 32.1 Å². The van der Waals surface area contributed by atoms with E-state index in [-0.39, 0.29) is 29.6 Å². The van der Waals surface area contributed by atoms with Crippen LogP contribution in [0.2, 0.25) is 18.1 Å². The van der Waals surface area contributed by atoms with E-state index in [4.69, 9.17) is 13.9 Å². The SMILES string of the molecule is CCCC[C@@H](O)CCO[C@H]1O[C@@H](C)CC[C@@H]1O[Si](C)(C)C(C)(C)C. The molecule has 0 aromatic rings. The molecule has 1 saturated heterocycles. The zero-order chi connectivity index (χ0) is 18.4. The number of aliphatic hydroxyl groups is 1. The van der Waals surface area contributed by atoms with Gasteiger partial charge in [0, 0.05) is 0 Å². The predicted molar refractivity (Wildman–Crippen MR) is 102 cm³/mol. The molecule has 4 nitrogen and oxygen atoms in total. The molecule has 144 valence electrons. The van der Waals surface area contributed by atoms with Crippen LogP contribution in [0.5, 0.6) is 0 Å². The molecule has 1 aliphatic rings. The summed E-state index contributed by atoms with van der Waals surface area (Å²) in [5.74, 6) is 0. The van der Waals surface area contributed by atoms with Crippen molar-refractivity contribution in [3.05, 3.63) is 0 Å². The maximum Gasteiger partial charge on any atom is 0.192 e. The molecule has 4 atom stereocenters. The number of hydrogen-bond acceptors (Lipinski definition) is 4. The number of unbranched alkanes of at least 4 members (excludes halogenated alkanes) is 1. The molecule has 0 spiro atoms. The van der Waals surface area contributed by atoms with Crippen molar-refractivity contribution >= 4 is 8.32 Å². The van der Waals surface area contributed by atoms with Crippen molar-refractivity contribution in [2.45, 2.75) is 116 Å². The van der Waals surface area contributed by atoms with Crippen LogP contribution >= 0.6 is 0 Å². The van der Waals surface area contributed by atoms with E-state index in [1.165, 1.54) is 0 Å². The normalized spacial score (nSPS) is 27.2. The molecular formula is C19H40O4Si. The van der Waals surface area contributed by atoms with E-state index in [9.17, 15) is 5.11 Å². The smallest absolute Gasteiger partial charge is 0.192 e. The van der Waals surface area contributed by atoms with Gasteiger partial charge in [-0.2, -0.15) is 0 Å². The zero-order valence-electron chi connectivity index (χ0n) is 16.9. The molecular weight excluding hydrogens is 320 g/mol. The van der Waals surface area contributed by atoms with Crippen LogP contribution in [-0.4, -0.2) is 44.6 Å². The van der Waals surface area contributed by atoms with E-state index in [1.807, 2.05) is 0 Å². The minimum Gasteiger partial charge on any atom is -0.409 e. The Hall–Kier alpha value is 0.0569. The molecule has 24 heavy (non-hydrogen) atoms. The highest BCUT2D eigenvalue weighted by atomic mass is 28.4. The summed E-state index contributed by atoms with van der Waals surface area (Å²) in [4.78, 5) is 0. The molecule has 0 saturated carbocycles. The number of rotatable bonds is 9. The van der Waals surface area contributed by atoms with Gasteiger partial charge in [-0.3, -0.25) is 0 Å². The highest BCUT2D eigenvalue weighted by Gasteiger charge is 2.42. The summed E-state index contributed by atoms with van der Waals surface area (Å²) in [6, 6.07) is 0. The van der Waals surface area contributed by atoms with Crippen LogP contribution in [0, 0.1) is 0 Å². The average molecular weight is 361 g/mol. The van der Waals surface area contributed by atoms with Gasteiger partial charge in [0.05, 0.1) is 24.9 Å². The summed E-state index contributed by atoms with van der Waals surface area (Å²) < 4.78 is 18.6. The standard InChI is InChI=1S/C19H40O4Si/c1-8-9-10-16(20)13-14-21-18-17(12-11-15(2)22-18)23-24(6,7)19(3,4)5/h15-18,20H,8-14H2,1-7H3/t15-,16+,17-,18-/m0/s1. The topological polar surface area (TPSA) is 47.9 Å². The second kappa shape index (κ2) is 9.67. The fourth-order valence-corrected chi connectivity index (χ4v) is 3.98. The molecule has 0 amide bonds. The number of hydrogen-bond donors (Lipinski definition) is 1. The molecule has 0 aromatic carbocycles. The van der Waals surface area contributed by atoms with Gasteiger partial charge >= 0.3 is 0 Å². The predicted octanol–water partition coefficient (Wildman–Crippen LogP) is 4.86. The lowest BCUT2D eigenvalue weighted by Crippen LogP contribution is -2.50. The minimum absolute atomic E-state index is 0.00914. The van der Waals surface area contributed by atoms with Crippen molar-refractivity contribution in [1.29, 1.82) is 0 Å². The Bertz CT molecular complexity index is 354. The number of ether oxygens (including phenoxy) is 2. The summed E-state index contributed by atoms with van der Waals surface area (Å²) in [5, 5.41) is 10.2. The largest absolute Gasteiger partial charge is 0.409 e. The van der Waals surface area contributed by atoms with E-state index in [0.29, 0.717) is 13.0 Å². The Morgan fingerprint density at radius 3 is 2.46 bits per heavy atom. The maximum atomic E-state index is 9.98. The highest BCUT2D eigenvalue weighted by Crippen LogP contribution is 2.39. The van der Waals surface area contributed by atoms with Crippen molar-refractivity contribution < 1.29 is 19.0 Å². The van der Waals surface area contributed by atoms with Crippen molar-refractivity contribution in [3.8, 4) is 0 Å². The number of aliphatic hydroxyl groups excluding tert-OH is 1. The van der Waals surface area contributed by atoms with Crippen LogP contribution in [0.4, 0.5) is 0 Å². The Kier molecular flexibility index (Phi) is 8.90. The second-order valence-electron chi connectivity index (χ2n) is 8.76. The van der Waals surface area contributed by atoms with Gasteiger partial charge in [0.1, 0.15) is 0 Å². The lowest BCUT2D eigenvalue weighted by atomic mass is 10.1. The summed E-state index contributed by atoms with van der Waals surface area (Å²) in [6.07, 6.45) is 5.33. The molecule has 0 aliphatic carbocycles. The van der Waals surface area contributed by atoms with Gasteiger partial charge in [0.2, 0.25) is 0 Å². The van der Waals surface area contributed by atoms with Crippen LogP contribution in [0.3, 0.4) is 0 Å². The Balaban J connectivity index is 2.54. The van der Waals surface area contributed by atoms with E-state index in [1.54, 1.807) is 0 Å². The molecule has 1 fully saturated rings. The highest BCUT2D eigenvalue weighted by molar-refractivity contribution is 6.74. The molecule has 0 radical (unpaired) electrons. The van der Waals surface area contributed by atoms with Crippen molar-refractivity contribution in [2.24, 2.45) is 0 Å². The van der Waals surface area contributed by atoms with Crippen LogP contribution < -0.4 is 0 Å². The molecule has 5 heteroatoms. The van der Waals surface area contributed by atoms with Crippen molar-refractivity contribution in [3.63, 3.8) is 0 Å². The van der Waals surface area contributed by atoms with Gasteiger partial charge in [-0.1, -0.05) is 40.5 Å². The second-order valence-corrected chi connectivity index (χ2v) is 13.5. The summed E-state index contributed by atoms with van der Waals surface area (Å²) >= 11 is 0. The van der Waals surface area contributed by atoms with Gasteiger partial charge in [0.15, 0.2) is 14.6 Å². The van der Waals surface area contributed by atoms with E-state index in [2.05, 4.69) is 47.7 Å². The van der Waals surface area contributed by atoms with Gasteiger partial charge < -0.3 is 19.0 Å². The lowest BCUT2D eigenvalue weighted by molar-refractivity contribution is -0.234. The Morgan fingerprint density at radius 1 is 1.21 bits per heavy atom. The molecule has 1 heterocycles. The summed E-state index contributed by atoms with van der Waals surface area (Å²) in [7, 11) is -1.84. The van der Waals surface area contributed by atoms with Gasteiger partial charge in [-0.05, 0) is 50.7 Å². The Labute approximate surface area is 150 Å². The van der Waals surface area contributed by atoms with Crippen LogP contribution in [0.25, 0.3) is 0 Å². The first-order valence-corrected chi connectivity index (χ1v) is 12.6. The van der Waals surface area contributed by atoms with Crippen LogP contribution in [-0.2, 0) is 13.9 Å². The van der Waals surface area contributed by atoms with Gasteiger partial charge in [-0.25, -0.2) is 0 Å². The monoisotopic (exact) mass is 360 g/mol. The van der Waals surface area contributed by atoms with Gasteiger partial charge in [0.25, 0.3) is 0 Å². The third-order valence-corrected chi connectivity index (χ3v) is 9.91. The average Bonchev–Trinajstić information content (AvgIpc) is 2.46. The molecule has 1 rings (SSSR count). The quantitative estimate of drug-likeness (QED) is 0.597. The third-order valence-electron chi connectivity index (χ3n) is 5.40. The van der Waals surface area contributed by atoms with Crippen LogP contribution in [0.1, 0.15) is 73.1 Å². The fraction of sp³-hybridized carbons (Fsp3) is 1.00. The minimum atomic E-state index is -1.84. The third kappa shape index (κ3) is 7.12. The zero-order valence-corrected chi connectivity index (χ0v) is 17.9. The van der Waals surface area contributed by atoms with Gasteiger partial charge in [-0.15, -0.1) is 0 Å².